The van der Waals surface area contributed by atoms with E-state index in [1.54, 1.807) is 29.6 Å². The number of carbonyl (C=O) groups excluding carboxylic acids is 2. The monoisotopic (exact) mass is 621 g/mol. The molecule has 1 atom stereocenters. The lowest BCUT2D eigenvalue weighted by molar-refractivity contribution is -0.166. The molecule has 3 heterocycles. The van der Waals surface area contributed by atoms with Gasteiger partial charge in [0.05, 0.1) is 17.8 Å². The van der Waals surface area contributed by atoms with E-state index in [1.165, 1.54) is 12.1 Å². The number of anilines is 1. The fraction of sp³-hybridized carbons (Fsp3) is 0.471. The molecule has 0 bridgehead atoms. The number of ether oxygens (including phenoxy) is 3. The van der Waals surface area contributed by atoms with Crippen LogP contribution in [0.5, 0.6) is 5.75 Å². The lowest BCUT2D eigenvalue weighted by atomic mass is 9.93. The van der Waals surface area contributed by atoms with Gasteiger partial charge in [0, 0.05) is 43.0 Å². The van der Waals surface area contributed by atoms with Crippen molar-refractivity contribution in [2.24, 2.45) is 5.92 Å². The van der Waals surface area contributed by atoms with Crippen molar-refractivity contribution < 1.29 is 28.2 Å². The molecular formula is C34H44FN5O5. The number of aromatic nitrogens is 3. The highest BCUT2D eigenvalue weighted by Gasteiger charge is 2.36. The number of aryl methyl sites for hydroxylation is 1. The normalized spacial score (nSPS) is 14.7. The molecule has 1 N–H and O–H groups in total. The van der Waals surface area contributed by atoms with Crippen molar-refractivity contribution in [3.63, 3.8) is 0 Å². The molecule has 0 saturated carbocycles. The smallest absolute Gasteiger partial charge is 0.340 e. The Morgan fingerprint density at radius 2 is 1.91 bits per heavy atom. The summed E-state index contributed by atoms with van der Waals surface area (Å²) in [4.78, 5) is 33.7. The van der Waals surface area contributed by atoms with Crippen LogP contribution in [0.4, 0.5) is 10.2 Å². The number of esters is 1. The van der Waals surface area contributed by atoms with Crippen LogP contribution in [-0.2, 0) is 20.8 Å². The summed E-state index contributed by atoms with van der Waals surface area (Å²) in [7, 11) is 0. The number of nitrogens with zero attached hydrogens (tertiary/aromatic N) is 4. The Bertz CT molecular complexity index is 1540. The number of piperidine rings is 1. The first kappa shape index (κ1) is 33.6. The number of hydrogen-bond donors (Lipinski definition) is 1. The predicted molar refractivity (Wildman–Crippen MR) is 171 cm³/mol. The summed E-state index contributed by atoms with van der Waals surface area (Å²) in [6.45, 7) is 18.7. The van der Waals surface area contributed by atoms with E-state index >= 15 is 0 Å². The number of nitrogens with one attached hydrogen (secondary N) is 1. The van der Waals surface area contributed by atoms with Gasteiger partial charge < -0.3 is 24.4 Å². The molecule has 0 spiro atoms. The van der Waals surface area contributed by atoms with Crippen molar-refractivity contribution in [1.29, 1.82) is 0 Å². The predicted octanol–water partition coefficient (Wildman–Crippen LogP) is 5.88. The van der Waals surface area contributed by atoms with E-state index in [1.807, 2.05) is 33.8 Å². The third-order valence-electron chi connectivity index (χ3n) is 7.51. The summed E-state index contributed by atoms with van der Waals surface area (Å²) in [5.41, 5.74) is 1.67. The minimum absolute atomic E-state index is 0.0885. The highest BCUT2D eigenvalue weighted by atomic mass is 19.1. The van der Waals surface area contributed by atoms with E-state index in [2.05, 4.69) is 23.4 Å². The molecule has 0 aliphatic carbocycles. The van der Waals surface area contributed by atoms with Crippen LogP contribution in [0.25, 0.3) is 5.65 Å². The second-order valence-electron chi connectivity index (χ2n) is 12.1. The highest BCUT2D eigenvalue weighted by Crippen LogP contribution is 2.37. The first-order valence-corrected chi connectivity index (χ1v) is 15.4. The Morgan fingerprint density at radius 3 is 2.56 bits per heavy atom. The topological polar surface area (TPSA) is 107 Å². The number of hydrogen-bond acceptors (Lipinski definition) is 8. The second-order valence-corrected chi connectivity index (χ2v) is 12.1. The summed E-state index contributed by atoms with van der Waals surface area (Å²) in [5, 5.41) is 7.56. The van der Waals surface area contributed by atoms with Crippen LogP contribution in [0.2, 0.25) is 0 Å². The van der Waals surface area contributed by atoms with Crippen molar-refractivity contribution in [2.75, 3.05) is 31.2 Å². The fourth-order valence-electron chi connectivity index (χ4n) is 5.47. The molecule has 45 heavy (non-hydrogen) atoms. The van der Waals surface area contributed by atoms with E-state index in [4.69, 9.17) is 24.3 Å². The summed E-state index contributed by atoms with van der Waals surface area (Å²) < 4.78 is 32.9. The van der Waals surface area contributed by atoms with Crippen LogP contribution >= 0.6 is 0 Å². The van der Waals surface area contributed by atoms with E-state index in [0.29, 0.717) is 53.0 Å². The van der Waals surface area contributed by atoms with Crippen molar-refractivity contribution in [1.82, 2.24) is 19.9 Å². The maximum absolute atomic E-state index is 13.9. The van der Waals surface area contributed by atoms with Gasteiger partial charge in [-0.3, -0.25) is 4.79 Å². The molecule has 10 nitrogen and oxygen atoms in total. The molecule has 0 unspecified atom stereocenters. The van der Waals surface area contributed by atoms with Gasteiger partial charge in [-0.2, -0.15) is 9.61 Å². The molecule has 1 aliphatic rings. The molecule has 0 radical (unpaired) electrons. The van der Waals surface area contributed by atoms with Crippen LogP contribution in [0.3, 0.4) is 0 Å². The van der Waals surface area contributed by atoms with Crippen LogP contribution in [0.1, 0.15) is 80.4 Å². The Kier molecular flexibility index (Phi) is 11.0. The summed E-state index contributed by atoms with van der Waals surface area (Å²) >= 11 is 0. The molecule has 1 amide bonds. The molecule has 11 heteroatoms. The Morgan fingerprint density at radius 1 is 1.18 bits per heavy atom. The van der Waals surface area contributed by atoms with Crippen LogP contribution < -0.4 is 15.0 Å². The van der Waals surface area contributed by atoms with Gasteiger partial charge in [0.1, 0.15) is 24.0 Å². The van der Waals surface area contributed by atoms with E-state index in [9.17, 15) is 14.0 Å². The van der Waals surface area contributed by atoms with Gasteiger partial charge in [0.25, 0.3) is 5.91 Å². The first-order chi connectivity index (χ1) is 21.4. The number of allylic oxidation sites excluding steroid dienone is 1. The number of halogens is 1. The van der Waals surface area contributed by atoms with Crippen LogP contribution in [-0.4, -0.2) is 58.4 Å². The molecule has 4 rings (SSSR count). The van der Waals surface area contributed by atoms with Crippen molar-refractivity contribution in [3.8, 4) is 5.75 Å². The largest absolute Gasteiger partial charge is 0.489 e. The number of amides is 1. The third-order valence-corrected chi connectivity index (χ3v) is 7.51. The Labute approximate surface area is 264 Å². The van der Waals surface area contributed by atoms with Gasteiger partial charge in [0.15, 0.2) is 17.4 Å². The van der Waals surface area contributed by atoms with Gasteiger partial charge in [-0.15, -0.1) is 6.58 Å². The Balaban J connectivity index is 1.75. The number of carbonyl (C=O) groups is 2. The van der Waals surface area contributed by atoms with Gasteiger partial charge in [-0.1, -0.05) is 24.8 Å². The zero-order valence-corrected chi connectivity index (χ0v) is 26.9. The average Bonchev–Trinajstić information content (AvgIpc) is 3.41. The number of benzene rings is 1. The molecule has 2 aromatic heterocycles. The minimum atomic E-state index is -1.06. The zero-order valence-electron chi connectivity index (χ0n) is 26.9. The summed E-state index contributed by atoms with van der Waals surface area (Å²) in [6.07, 6.45) is 5.25. The number of fused-ring (bicyclic) bond motifs is 1. The Hall–Kier alpha value is -4.25. The van der Waals surface area contributed by atoms with Gasteiger partial charge >= 0.3 is 5.97 Å². The van der Waals surface area contributed by atoms with Crippen LogP contribution in [0, 0.1) is 18.7 Å². The maximum atomic E-state index is 13.9. The summed E-state index contributed by atoms with van der Waals surface area (Å²) in [6, 6.07) is 5.76. The van der Waals surface area contributed by atoms with E-state index < -0.39 is 29.4 Å². The van der Waals surface area contributed by atoms with Crippen molar-refractivity contribution in [3.05, 3.63) is 77.9 Å². The zero-order chi connectivity index (χ0) is 32.7. The molecule has 1 aliphatic heterocycles. The van der Waals surface area contributed by atoms with E-state index in [-0.39, 0.29) is 25.5 Å². The number of rotatable bonds is 13. The molecule has 1 saturated heterocycles. The van der Waals surface area contributed by atoms with Crippen LogP contribution in [0.15, 0.2) is 49.6 Å². The average molecular weight is 622 g/mol. The molecule has 3 aromatic rings. The lowest BCUT2D eigenvalue weighted by Crippen LogP contribution is -2.38. The summed E-state index contributed by atoms with van der Waals surface area (Å²) in [5.74, 6) is 0.0747. The SMILES string of the molecule is C=CCOc1cc(F)ccc1CNC(=O)c1cc2nc(C)c([C@H](OC(C)(C)C)C(=O)OCC)c(N3CCC(CC=C)CC3)n2n1. The van der Waals surface area contributed by atoms with Gasteiger partial charge in [0.2, 0.25) is 0 Å². The molecule has 1 aromatic carbocycles. The minimum Gasteiger partial charge on any atom is -0.489 e. The van der Waals surface area contributed by atoms with Crippen molar-refractivity contribution in [2.45, 2.75) is 72.1 Å². The first-order valence-electron chi connectivity index (χ1n) is 15.4. The van der Waals surface area contributed by atoms with Gasteiger partial charge in [-0.25, -0.2) is 14.2 Å². The highest BCUT2D eigenvalue weighted by molar-refractivity contribution is 5.93. The fourth-order valence-corrected chi connectivity index (χ4v) is 5.47. The molecule has 242 valence electrons. The van der Waals surface area contributed by atoms with E-state index in [0.717, 1.165) is 19.3 Å². The third kappa shape index (κ3) is 8.27. The quantitative estimate of drug-likeness (QED) is 0.186. The standard InChI is InChI=1S/C34H44FN5O5/c1-8-11-23-14-16-39(17-15-23)32-29(30(33(42)43-10-3)45-34(5,6)7)22(4)37-28-20-26(38-40(28)32)31(41)36-21-24-12-13-25(35)19-27(24)44-18-9-2/h8-9,12-13,19-20,23,30H,1-2,10-11,14-18,21H2,3-7H3,(H,36,41)/t30-/m0/s1. The maximum Gasteiger partial charge on any atom is 0.340 e. The molecular weight excluding hydrogens is 577 g/mol. The van der Waals surface area contributed by atoms with Crippen molar-refractivity contribution >= 4 is 23.3 Å². The lowest BCUT2D eigenvalue weighted by Gasteiger charge is -2.36. The molecule has 1 fully saturated rings. The van der Waals surface area contributed by atoms with Gasteiger partial charge in [-0.05, 0) is 65.9 Å². The second kappa shape index (κ2) is 14.7.